The highest BCUT2D eigenvalue weighted by atomic mass is 16.3. The fourth-order valence-electron chi connectivity index (χ4n) is 2.65. The molecule has 0 aliphatic rings. The largest absolute Gasteiger partial charge is 0.385 e. The van der Waals surface area contributed by atoms with E-state index >= 15 is 0 Å². The van der Waals surface area contributed by atoms with Gasteiger partial charge < -0.3 is 9.67 Å². The van der Waals surface area contributed by atoms with E-state index in [4.69, 9.17) is 0 Å². The van der Waals surface area contributed by atoms with Crippen LogP contribution in [0.2, 0.25) is 0 Å². The molecule has 2 aromatic rings. The Kier molecular flexibility index (Phi) is 4.81. The van der Waals surface area contributed by atoms with E-state index < -0.39 is 6.10 Å². The van der Waals surface area contributed by atoms with Gasteiger partial charge in [-0.25, -0.2) is 4.98 Å². The van der Waals surface area contributed by atoms with Crippen molar-refractivity contribution in [1.82, 2.24) is 9.55 Å². The van der Waals surface area contributed by atoms with Gasteiger partial charge in [0.05, 0.1) is 11.0 Å². The lowest BCUT2D eigenvalue weighted by atomic mass is 10.1. The van der Waals surface area contributed by atoms with Crippen LogP contribution >= 0.6 is 0 Å². The van der Waals surface area contributed by atoms with Crippen molar-refractivity contribution in [2.45, 2.75) is 66.0 Å². The Hall–Kier alpha value is -1.35. The molecule has 0 bridgehead atoms. The number of aromatic nitrogens is 2. The summed E-state index contributed by atoms with van der Waals surface area (Å²) in [6.45, 7) is 9.20. The fraction of sp³-hybridized carbons (Fsp3) is 0.588. The highest BCUT2D eigenvalue weighted by molar-refractivity contribution is 5.78. The minimum Gasteiger partial charge on any atom is -0.385 e. The van der Waals surface area contributed by atoms with Crippen molar-refractivity contribution in [2.75, 3.05) is 0 Å². The van der Waals surface area contributed by atoms with Gasteiger partial charge in [0, 0.05) is 6.54 Å². The molecule has 20 heavy (non-hydrogen) atoms. The van der Waals surface area contributed by atoms with Crippen LogP contribution in [0.3, 0.4) is 0 Å². The Morgan fingerprint density at radius 3 is 2.50 bits per heavy atom. The predicted molar refractivity (Wildman–Crippen MR) is 84.0 cm³/mol. The first kappa shape index (κ1) is 15.0. The van der Waals surface area contributed by atoms with Crippen molar-refractivity contribution in [2.24, 2.45) is 0 Å². The minimum absolute atomic E-state index is 0.519. The number of aliphatic hydroxyl groups excluding tert-OH is 1. The molecule has 1 atom stereocenters. The van der Waals surface area contributed by atoms with E-state index in [-0.39, 0.29) is 0 Å². The number of unbranched alkanes of at least 4 members (excludes halogenated alkanes) is 3. The first-order chi connectivity index (χ1) is 9.54. The van der Waals surface area contributed by atoms with Crippen molar-refractivity contribution >= 4 is 11.0 Å². The molecule has 0 fully saturated rings. The van der Waals surface area contributed by atoms with Crippen molar-refractivity contribution in [3.05, 3.63) is 29.1 Å². The maximum absolute atomic E-state index is 9.96. The lowest BCUT2D eigenvalue weighted by Crippen LogP contribution is -2.07. The summed E-state index contributed by atoms with van der Waals surface area (Å²) in [5.41, 5.74) is 4.69. The Labute approximate surface area is 121 Å². The molecule has 1 aromatic carbocycles. The maximum atomic E-state index is 9.96. The van der Waals surface area contributed by atoms with Crippen LogP contribution in [0.4, 0.5) is 0 Å². The molecule has 1 N–H and O–H groups in total. The zero-order chi connectivity index (χ0) is 14.7. The molecule has 0 spiro atoms. The summed E-state index contributed by atoms with van der Waals surface area (Å²) in [5.74, 6) is 0.793. The van der Waals surface area contributed by atoms with Crippen LogP contribution < -0.4 is 0 Å². The smallest absolute Gasteiger partial charge is 0.138 e. The van der Waals surface area contributed by atoms with Gasteiger partial charge in [-0.15, -0.1) is 0 Å². The highest BCUT2D eigenvalue weighted by Gasteiger charge is 2.15. The first-order valence-electron chi connectivity index (χ1n) is 7.70. The lowest BCUT2D eigenvalue weighted by molar-refractivity contribution is 0.184. The van der Waals surface area contributed by atoms with Crippen LogP contribution in [0, 0.1) is 13.8 Å². The molecule has 0 aliphatic carbocycles. The molecular weight excluding hydrogens is 248 g/mol. The van der Waals surface area contributed by atoms with E-state index in [1.165, 1.54) is 30.4 Å². The number of aryl methyl sites for hydroxylation is 3. The Balaban J connectivity index is 2.37. The van der Waals surface area contributed by atoms with Gasteiger partial charge in [0.25, 0.3) is 0 Å². The molecule has 110 valence electrons. The van der Waals surface area contributed by atoms with Gasteiger partial charge in [-0.1, -0.05) is 26.2 Å². The van der Waals surface area contributed by atoms with E-state index in [9.17, 15) is 5.11 Å². The average Bonchev–Trinajstić information content (AvgIpc) is 2.74. The molecule has 0 saturated heterocycles. The second-order valence-electron chi connectivity index (χ2n) is 5.78. The summed E-state index contributed by atoms with van der Waals surface area (Å²) >= 11 is 0. The number of fused-ring (bicyclic) bond motifs is 1. The molecule has 1 aromatic heterocycles. The van der Waals surface area contributed by atoms with E-state index in [0.29, 0.717) is 0 Å². The number of nitrogens with zero attached hydrogens (tertiary/aromatic N) is 2. The molecule has 1 heterocycles. The van der Waals surface area contributed by atoms with Gasteiger partial charge in [0.2, 0.25) is 0 Å². The fourth-order valence-corrected chi connectivity index (χ4v) is 2.65. The van der Waals surface area contributed by atoms with Gasteiger partial charge in [-0.3, -0.25) is 0 Å². The first-order valence-corrected chi connectivity index (χ1v) is 7.70. The SMILES string of the molecule is CCCCCCn1c(C(C)O)nc2cc(C)c(C)cc21. The van der Waals surface area contributed by atoms with Gasteiger partial charge in [0.1, 0.15) is 11.9 Å². The van der Waals surface area contributed by atoms with Crippen molar-refractivity contribution in [3.63, 3.8) is 0 Å². The van der Waals surface area contributed by atoms with E-state index in [1.807, 2.05) is 0 Å². The normalized spacial score (nSPS) is 13.1. The molecule has 0 amide bonds. The number of hydrogen-bond acceptors (Lipinski definition) is 2. The quantitative estimate of drug-likeness (QED) is 0.798. The molecule has 3 heteroatoms. The number of rotatable bonds is 6. The molecular formula is C17H26N2O. The third-order valence-corrected chi connectivity index (χ3v) is 4.00. The number of hydrogen-bond donors (Lipinski definition) is 1. The van der Waals surface area contributed by atoms with E-state index in [2.05, 4.69) is 42.5 Å². The third-order valence-electron chi connectivity index (χ3n) is 4.00. The Morgan fingerprint density at radius 1 is 1.15 bits per heavy atom. The average molecular weight is 274 g/mol. The summed E-state index contributed by atoms with van der Waals surface area (Å²) in [6.07, 6.45) is 4.38. The standard InChI is InChI=1S/C17H26N2O/c1-5-6-7-8-9-19-16-11-13(3)12(2)10-15(16)18-17(19)14(4)20/h10-11,14,20H,5-9H2,1-4H3. The second-order valence-corrected chi connectivity index (χ2v) is 5.78. The molecule has 0 saturated carbocycles. The number of imidazole rings is 1. The number of benzene rings is 1. The van der Waals surface area contributed by atoms with Gasteiger partial charge in [-0.2, -0.15) is 0 Å². The lowest BCUT2D eigenvalue weighted by Gasteiger charge is -2.11. The summed E-state index contributed by atoms with van der Waals surface area (Å²) in [5, 5.41) is 9.96. The predicted octanol–water partition coefficient (Wildman–Crippen LogP) is 4.29. The summed E-state index contributed by atoms with van der Waals surface area (Å²) in [6, 6.07) is 4.32. The van der Waals surface area contributed by atoms with Crippen LogP contribution in [-0.2, 0) is 6.54 Å². The second kappa shape index (κ2) is 6.40. The van der Waals surface area contributed by atoms with Crippen molar-refractivity contribution in [3.8, 4) is 0 Å². The molecule has 1 unspecified atom stereocenters. The zero-order valence-corrected chi connectivity index (χ0v) is 13.1. The Morgan fingerprint density at radius 2 is 1.85 bits per heavy atom. The summed E-state index contributed by atoms with van der Waals surface area (Å²) < 4.78 is 2.20. The van der Waals surface area contributed by atoms with Crippen LogP contribution in [-0.4, -0.2) is 14.7 Å². The van der Waals surface area contributed by atoms with Crippen LogP contribution in [0.5, 0.6) is 0 Å². The molecule has 2 rings (SSSR count). The minimum atomic E-state index is -0.519. The zero-order valence-electron chi connectivity index (χ0n) is 13.1. The van der Waals surface area contributed by atoms with Crippen molar-refractivity contribution in [1.29, 1.82) is 0 Å². The van der Waals surface area contributed by atoms with Gasteiger partial charge in [-0.05, 0) is 50.5 Å². The van der Waals surface area contributed by atoms with Gasteiger partial charge in [0.15, 0.2) is 0 Å². The molecule has 0 aliphatic heterocycles. The maximum Gasteiger partial charge on any atom is 0.138 e. The van der Waals surface area contributed by atoms with Crippen molar-refractivity contribution < 1.29 is 5.11 Å². The molecule has 0 radical (unpaired) electrons. The van der Waals surface area contributed by atoms with Gasteiger partial charge >= 0.3 is 0 Å². The van der Waals surface area contributed by atoms with Crippen LogP contribution in [0.1, 0.15) is 62.6 Å². The topological polar surface area (TPSA) is 38.0 Å². The van der Waals surface area contributed by atoms with Crippen LogP contribution in [0.25, 0.3) is 11.0 Å². The van der Waals surface area contributed by atoms with Crippen LogP contribution in [0.15, 0.2) is 12.1 Å². The Bertz CT molecular complexity index is 584. The van der Waals surface area contributed by atoms with E-state index in [0.717, 1.165) is 29.8 Å². The summed E-state index contributed by atoms with van der Waals surface area (Å²) in [7, 11) is 0. The summed E-state index contributed by atoms with van der Waals surface area (Å²) in [4.78, 5) is 4.63. The number of aliphatic hydroxyl groups is 1. The third kappa shape index (κ3) is 3.04. The molecule has 3 nitrogen and oxygen atoms in total. The highest BCUT2D eigenvalue weighted by Crippen LogP contribution is 2.24. The van der Waals surface area contributed by atoms with E-state index in [1.54, 1.807) is 6.92 Å². The monoisotopic (exact) mass is 274 g/mol.